The van der Waals surface area contributed by atoms with E-state index in [1.165, 1.54) is 11.6 Å². The fraction of sp³-hybridized carbons (Fsp3) is 0.292. The molecule has 33 heavy (non-hydrogen) atoms. The predicted molar refractivity (Wildman–Crippen MR) is 123 cm³/mol. The number of hydrogen-bond donors (Lipinski definition) is 2. The zero-order valence-electron chi connectivity index (χ0n) is 18.9. The van der Waals surface area contributed by atoms with Crippen LogP contribution in [0.5, 0.6) is 0 Å². The number of amides is 3. The zero-order chi connectivity index (χ0) is 24.2. The molecule has 0 saturated carbocycles. The third-order valence-corrected chi connectivity index (χ3v) is 4.61. The molecule has 0 spiro atoms. The standard InChI is InChI=1S/C24H26N4O5/c1-15(20(29)25-23(32)26-24(2,3)4)33-22(31)19-17-12-8-9-13-18(17)21(30)28(27-19)14-16-10-6-5-7-11-16/h5-13,15H,14H2,1-4H3,(H2,25,26,29,32). The van der Waals surface area contributed by atoms with Crippen molar-refractivity contribution in [2.24, 2.45) is 0 Å². The Balaban J connectivity index is 1.85. The highest BCUT2D eigenvalue weighted by molar-refractivity contribution is 6.03. The molecule has 0 aliphatic rings. The van der Waals surface area contributed by atoms with Crippen LogP contribution in [0, 0.1) is 0 Å². The number of urea groups is 1. The van der Waals surface area contributed by atoms with E-state index in [1.807, 2.05) is 30.3 Å². The molecule has 1 atom stereocenters. The molecule has 0 aliphatic carbocycles. The van der Waals surface area contributed by atoms with Crippen LogP contribution in [0.4, 0.5) is 4.79 Å². The molecule has 2 aromatic carbocycles. The Morgan fingerprint density at radius 2 is 1.61 bits per heavy atom. The normalized spacial score (nSPS) is 12.1. The van der Waals surface area contributed by atoms with Gasteiger partial charge in [0.2, 0.25) is 0 Å². The van der Waals surface area contributed by atoms with Gasteiger partial charge in [0.15, 0.2) is 11.8 Å². The van der Waals surface area contributed by atoms with Gasteiger partial charge in [-0.1, -0.05) is 48.5 Å². The summed E-state index contributed by atoms with van der Waals surface area (Å²) >= 11 is 0. The second-order valence-electron chi connectivity index (χ2n) is 8.58. The zero-order valence-corrected chi connectivity index (χ0v) is 18.9. The number of esters is 1. The van der Waals surface area contributed by atoms with Crippen LogP contribution in [-0.4, -0.2) is 39.3 Å². The molecule has 0 saturated heterocycles. The molecule has 0 radical (unpaired) electrons. The molecule has 2 N–H and O–H groups in total. The first-order chi connectivity index (χ1) is 15.5. The van der Waals surface area contributed by atoms with Gasteiger partial charge in [-0.25, -0.2) is 14.3 Å². The summed E-state index contributed by atoms with van der Waals surface area (Å²) in [5.41, 5.74) is -0.158. The number of carbonyl (C=O) groups is 3. The molecule has 172 valence electrons. The number of benzene rings is 2. The van der Waals surface area contributed by atoms with Crippen LogP contribution in [0.2, 0.25) is 0 Å². The lowest BCUT2D eigenvalue weighted by molar-refractivity contribution is -0.127. The maximum Gasteiger partial charge on any atom is 0.360 e. The fourth-order valence-electron chi connectivity index (χ4n) is 3.10. The molecule has 3 aromatic rings. The molecule has 9 heteroatoms. The Hall–Kier alpha value is -4.01. The number of fused-ring (bicyclic) bond motifs is 1. The smallest absolute Gasteiger partial charge is 0.360 e. The van der Waals surface area contributed by atoms with Crippen molar-refractivity contribution in [2.45, 2.75) is 45.9 Å². The van der Waals surface area contributed by atoms with E-state index in [2.05, 4.69) is 15.7 Å². The van der Waals surface area contributed by atoms with Crippen molar-refractivity contribution in [3.63, 3.8) is 0 Å². The molecule has 3 rings (SSSR count). The molecule has 0 aliphatic heterocycles. The highest BCUT2D eigenvalue weighted by atomic mass is 16.5. The molecular weight excluding hydrogens is 424 g/mol. The SMILES string of the molecule is CC(OC(=O)c1nn(Cc2ccccc2)c(=O)c2ccccc12)C(=O)NC(=O)NC(C)(C)C. The van der Waals surface area contributed by atoms with Crippen molar-refractivity contribution in [3.05, 3.63) is 76.2 Å². The van der Waals surface area contributed by atoms with E-state index in [1.54, 1.807) is 45.0 Å². The monoisotopic (exact) mass is 450 g/mol. The fourth-order valence-corrected chi connectivity index (χ4v) is 3.10. The summed E-state index contributed by atoms with van der Waals surface area (Å²) in [5.74, 6) is -1.67. The molecule has 1 heterocycles. The minimum atomic E-state index is -1.27. The van der Waals surface area contributed by atoms with Crippen LogP contribution < -0.4 is 16.2 Å². The number of carbonyl (C=O) groups excluding carboxylic acids is 3. The molecule has 9 nitrogen and oxygen atoms in total. The van der Waals surface area contributed by atoms with Crippen LogP contribution in [0.3, 0.4) is 0 Å². The number of imide groups is 1. The van der Waals surface area contributed by atoms with Gasteiger partial charge in [0.25, 0.3) is 11.5 Å². The summed E-state index contributed by atoms with van der Waals surface area (Å²) in [6.45, 7) is 6.80. The van der Waals surface area contributed by atoms with Crippen molar-refractivity contribution in [1.82, 2.24) is 20.4 Å². The van der Waals surface area contributed by atoms with E-state index in [-0.39, 0.29) is 17.8 Å². The molecule has 3 amide bonds. The summed E-state index contributed by atoms with van der Waals surface area (Å²) in [7, 11) is 0. The highest BCUT2D eigenvalue weighted by Crippen LogP contribution is 2.15. The first kappa shape index (κ1) is 23.6. The minimum absolute atomic E-state index is 0.0973. The average Bonchev–Trinajstić information content (AvgIpc) is 2.75. The maximum absolute atomic E-state index is 12.9. The van der Waals surface area contributed by atoms with Gasteiger partial charge in [-0.05, 0) is 39.3 Å². The number of nitrogens with zero attached hydrogens (tertiary/aromatic N) is 2. The van der Waals surface area contributed by atoms with Gasteiger partial charge in [-0.15, -0.1) is 0 Å². The van der Waals surface area contributed by atoms with Crippen LogP contribution >= 0.6 is 0 Å². The number of hydrogen-bond acceptors (Lipinski definition) is 6. The average molecular weight is 450 g/mol. The lowest BCUT2D eigenvalue weighted by atomic mass is 10.1. The van der Waals surface area contributed by atoms with Crippen molar-refractivity contribution in [1.29, 1.82) is 0 Å². The molecule has 1 unspecified atom stereocenters. The highest BCUT2D eigenvalue weighted by Gasteiger charge is 2.25. The van der Waals surface area contributed by atoms with E-state index in [0.29, 0.717) is 10.8 Å². The van der Waals surface area contributed by atoms with E-state index in [0.717, 1.165) is 5.56 Å². The summed E-state index contributed by atoms with van der Waals surface area (Å²) < 4.78 is 6.46. The Morgan fingerprint density at radius 3 is 2.24 bits per heavy atom. The van der Waals surface area contributed by atoms with Crippen LogP contribution in [0.15, 0.2) is 59.4 Å². The van der Waals surface area contributed by atoms with Gasteiger partial charge < -0.3 is 10.1 Å². The quantitative estimate of drug-likeness (QED) is 0.577. The summed E-state index contributed by atoms with van der Waals surface area (Å²) in [6, 6.07) is 15.1. The van der Waals surface area contributed by atoms with Gasteiger partial charge in [0.1, 0.15) is 0 Å². The Morgan fingerprint density at radius 1 is 1.00 bits per heavy atom. The van der Waals surface area contributed by atoms with Gasteiger partial charge in [0.05, 0.1) is 11.9 Å². The van der Waals surface area contributed by atoms with Gasteiger partial charge in [0, 0.05) is 10.9 Å². The molecule has 0 fully saturated rings. The van der Waals surface area contributed by atoms with E-state index in [9.17, 15) is 19.2 Å². The first-order valence-corrected chi connectivity index (χ1v) is 10.4. The lowest BCUT2D eigenvalue weighted by Crippen LogP contribution is -2.50. The minimum Gasteiger partial charge on any atom is -0.448 e. The largest absolute Gasteiger partial charge is 0.448 e. The molecule has 1 aromatic heterocycles. The topological polar surface area (TPSA) is 119 Å². The number of nitrogens with one attached hydrogen (secondary N) is 2. The van der Waals surface area contributed by atoms with Crippen LogP contribution in [-0.2, 0) is 16.1 Å². The third kappa shape index (κ3) is 6.03. The lowest BCUT2D eigenvalue weighted by Gasteiger charge is -2.21. The van der Waals surface area contributed by atoms with Crippen molar-refractivity contribution in [3.8, 4) is 0 Å². The van der Waals surface area contributed by atoms with E-state index in [4.69, 9.17) is 4.74 Å². The Kier molecular flexibility index (Phi) is 6.91. The molecule has 0 bridgehead atoms. The first-order valence-electron chi connectivity index (χ1n) is 10.4. The predicted octanol–water partition coefficient (Wildman–Crippen LogP) is 2.61. The second kappa shape index (κ2) is 9.64. The maximum atomic E-state index is 12.9. The summed E-state index contributed by atoms with van der Waals surface area (Å²) in [6.07, 6.45) is -1.27. The number of ether oxygens (including phenoxy) is 1. The van der Waals surface area contributed by atoms with Crippen molar-refractivity contribution in [2.75, 3.05) is 0 Å². The third-order valence-electron chi connectivity index (χ3n) is 4.61. The van der Waals surface area contributed by atoms with E-state index < -0.39 is 29.6 Å². The van der Waals surface area contributed by atoms with Gasteiger partial charge in [-0.3, -0.25) is 14.9 Å². The van der Waals surface area contributed by atoms with Crippen molar-refractivity contribution >= 4 is 28.7 Å². The number of rotatable bonds is 5. The van der Waals surface area contributed by atoms with Gasteiger partial charge in [-0.2, -0.15) is 5.10 Å². The second-order valence-corrected chi connectivity index (χ2v) is 8.58. The van der Waals surface area contributed by atoms with Crippen molar-refractivity contribution < 1.29 is 19.1 Å². The van der Waals surface area contributed by atoms with E-state index >= 15 is 0 Å². The summed E-state index contributed by atoms with van der Waals surface area (Å²) in [4.78, 5) is 50.1. The van der Waals surface area contributed by atoms with Gasteiger partial charge >= 0.3 is 12.0 Å². The number of aromatic nitrogens is 2. The van der Waals surface area contributed by atoms with Crippen LogP contribution in [0.1, 0.15) is 43.7 Å². The van der Waals surface area contributed by atoms with Crippen LogP contribution in [0.25, 0.3) is 10.8 Å². The Bertz CT molecular complexity index is 1250. The molecular formula is C24H26N4O5. The summed E-state index contributed by atoms with van der Waals surface area (Å²) in [5, 5.41) is 9.58. The Labute approximate surface area is 190 Å².